The average Bonchev–Trinajstić information content (AvgIpc) is 2.99. The lowest BCUT2D eigenvalue weighted by Gasteiger charge is -2.41. The first-order chi connectivity index (χ1) is 13.0. The highest BCUT2D eigenvalue weighted by atomic mass is 32.1. The van der Waals surface area contributed by atoms with Gasteiger partial charge in [-0.05, 0) is 42.7 Å². The lowest BCUT2D eigenvalue weighted by Crippen LogP contribution is -2.48. The minimum Gasteiger partial charge on any atom is -0.352 e. The van der Waals surface area contributed by atoms with E-state index in [0.29, 0.717) is 24.4 Å². The Balaban J connectivity index is 1.55. The van der Waals surface area contributed by atoms with Crippen molar-refractivity contribution >= 4 is 17.2 Å². The van der Waals surface area contributed by atoms with Crippen LogP contribution >= 0.6 is 11.3 Å². The molecule has 1 amide bonds. The van der Waals surface area contributed by atoms with Gasteiger partial charge in [-0.15, -0.1) is 11.3 Å². The molecule has 2 N–H and O–H groups in total. The van der Waals surface area contributed by atoms with Crippen LogP contribution in [-0.2, 0) is 11.3 Å². The Bertz CT molecular complexity index is 821. The number of carbonyl (C=O) groups excluding carboxylic acids is 1. The van der Waals surface area contributed by atoms with Gasteiger partial charge in [-0.3, -0.25) is 9.69 Å². The van der Waals surface area contributed by atoms with Crippen LogP contribution in [0.2, 0.25) is 0 Å². The minimum atomic E-state index is 0.00651. The summed E-state index contributed by atoms with van der Waals surface area (Å²) in [5, 5.41) is 7.53. The molecule has 2 saturated heterocycles. The van der Waals surface area contributed by atoms with Crippen LogP contribution in [0.1, 0.15) is 48.7 Å². The van der Waals surface area contributed by atoms with Gasteiger partial charge in [0.25, 0.3) is 0 Å². The summed E-state index contributed by atoms with van der Waals surface area (Å²) in [6.45, 7) is 10.9. The zero-order chi connectivity index (χ0) is 19.0. The molecular weight excluding hydrogens is 356 g/mol. The monoisotopic (exact) mass is 384 g/mol. The summed E-state index contributed by atoms with van der Waals surface area (Å²) in [5.41, 5.74) is 3.74. The van der Waals surface area contributed by atoms with Gasteiger partial charge in [0.1, 0.15) is 0 Å². The Kier molecular flexibility index (Phi) is 5.30. The quantitative estimate of drug-likeness (QED) is 0.804. The Labute approximate surface area is 165 Å². The van der Waals surface area contributed by atoms with Crippen LogP contribution in [-0.4, -0.2) is 48.0 Å². The summed E-state index contributed by atoms with van der Waals surface area (Å²) in [4.78, 5) is 19.8. The third-order valence-electron chi connectivity index (χ3n) is 5.61. The summed E-state index contributed by atoms with van der Waals surface area (Å²) < 4.78 is 0. The Hall–Kier alpha value is -1.76. The SMILES string of the molecule is CC(=O)NCc1cc(-c2cnc(C3CN(C(C)C)C3)s2)cc(C2CNC2)c1. The fourth-order valence-electron chi connectivity index (χ4n) is 3.65. The fraction of sp³-hybridized carbons (Fsp3) is 0.524. The number of likely N-dealkylation sites (tertiary alicyclic amines) is 1. The van der Waals surface area contributed by atoms with Gasteiger partial charge >= 0.3 is 0 Å². The molecule has 2 fully saturated rings. The van der Waals surface area contributed by atoms with E-state index in [1.54, 1.807) is 6.92 Å². The molecule has 2 aliphatic heterocycles. The van der Waals surface area contributed by atoms with E-state index in [2.05, 4.69) is 47.6 Å². The number of rotatable bonds is 6. The lowest BCUT2D eigenvalue weighted by molar-refractivity contribution is -0.119. The van der Waals surface area contributed by atoms with E-state index in [1.807, 2.05) is 17.5 Å². The summed E-state index contributed by atoms with van der Waals surface area (Å²) in [6, 6.07) is 7.36. The number of benzene rings is 1. The van der Waals surface area contributed by atoms with Crippen LogP contribution in [0.4, 0.5) is 0 Å². The zero-order valence-electron chi connectivity index (χ0n) is 16.3. The predicted molar refractivity (Wildman–Crippen MR) is 110 cm³/mol. The number of thiazole rings is 1. The van der Waals surface area contributed by atoms with Crippen molar-refractivity contribution in [2.24, 2.45) is 0 Å². The van der Waals surface area contributed by atoms with Gasteiger partial charge in [0, 0.05) is 63.7 Å². The highest BCUT2D eigenvalue weighted by Gasteiger charge is 2.31. The zero-order valence-corrected chi connectivity index (χ0v) is 17.1. The number of carbonyl (C=O) groups is 1. The molecule has 0 saturated carbocycles. The first-order valence-corrected chi connectivity index (χ1v) is 10.6. The maximum atomic E-state index is 11.3. The topological polar surface area (TPSA) is 57.3 Å². The highest BCUT2D eigenvalue weighted by molar-refractivity contribution is 7.15. The maximum Gasteiger partial charge on any atom is 0.217 e. The van der Waals surface area contributed by atoms with Gasteiger partial charge in [0.2, 0.25) is 5.91 Å². The maximum absolute atomic E-state index is 11.3. The fourth-order valence-corrected chi connectivity index (χ4v) is 4.64. The second-order valence-electron chi connectivity index (χ2n) is 8.04. The molecule has 0 atom stereocenters. The number of hydrogen-bond acceptors (Lipinski definition) is 5. The van der Waals surface area contributed by atoms with Gasteiger partial charge in [0.15, 0.2) is 0 Å². The number of aromatic nitrogens is 1. The largest absolute Gasteiger partial charge is 0.352 e. The van der Waals surface area contributed by atoms with Crippen molar-refractivity contribution in [1.82, 2.24) is 20.5 Å². The van der Waals surface area contributed by atoms with Crippen LogP contribution in [0.3, 0.4) is 0 Å². The van der Waals surface area contributed by atoms with Crippen molar-refractivity contribution in [2.45, 2.75) is 45.2 Å². The summed E-state index contributed by atoms with van der Waals surface area (Å²) in [6.07, 6.45) is 2.03. The molecule has 1 aromatic carbocycles. The molecule has 5 nitrogen and oxygen atoms in total. The second kappa shape index (κ2) is 7.70. The predicted octanol–water partition coefficient (Wildman–Crippen LogP) is 2.94. The van der Waals surface area contributed by atoms with E-state index in [9.17, 15) is 4.79 Å². The minimum absolute atomic E-state index is 0.00651. The van der Waals surface area contributed by atoms with E-state index in [-0.39, 0.29) is 5.91 Å². The Morgan fingerprint density at radius 1 is 1.30 bits per heavy atom. The van der Waals surface area contributed by atoms with Crippen LogP contribution in [0.25, 0.3) is 10.4 Å². The summed E-state index contributed by atoms with van der Waals surface area (Å²) >= 11 is 1.82. The molecule has 0 spiro atoms. The van der Waals surface area contributed by atoms with Gasteiger partial charge in [-0.25, -0.2) is 4.98 Å². The van der Waals surface area contributed by atoms with Crippen molar-refractivity contribution in [1.29, 1.82) is 0 Å². The van der Waals surface area contributed by atoms with Gasteiger partial charge in [-0.2, -0.15) is 0 Å². The summed E-state index contributed by atoms with van der Waals surface area (Å²) in [5.74, 6) is 1.15. The van der Waals surface area contributed by atoms with Crippen LogP contribution in [0.5, 0.6) is 0 Å². The molecule has 144 valence electrons. The van der Waals surface area contributed by atoms with Gasteiger partial charge in [0.05, 0.1) is 9.88 Å². The molecule has 6 heteroatoms. The van der Waals surface area contributed by atoms with Crippen LogP contribution < -0.4 is 10.6 Å². The van der Waals surface area contributed by atoms with Gasteiger partial charge < -0.3 is 10.6 Å². The Morgan fingerprint density at radius 2 is 2.07 bits per heavy atom. The summed E-state index contributed by atoms with van der Waals surface area (Å²) in [7, 11) is 0. The lowest BCUT2D eigenvalue weighted by atomic mass is 9.90. The average molecular weight is 385 g/mol. The molecule has 2 aliphatic rings. The van der Waals surface area contributed by atoms with Crippen LogP contribution in [0, 0.1) is 0 Å². The molecule has 0 unspecified atom stereocenters. The molecule has 0 bridgehead atoms. The molecule has 4 rings (SSSR count). The molecule has 0 aliphatic carbocycles. The molecule has 2 aromatic rings. The van der Waals surface area contributed by atoms with E-state index in [1.165, 1.54) is 21.0 Å². The normalized spacial score (nSPS) is 18.4. The van der Waals surface area contributed by atoms with E-state index in [4.69, 9.17) is 4.98 Å². The third-order valence-corrected chi connectivity index (χ3v) is 6.82. The third kappa shape index (κ3) is 4.08. The number of hydrogen-bond donors (Lipinski definition) is 2. The van der Waals surface area contributed by atoms with E-state index in [0.717, 1.165) is 31.7 Å². The number of nitrogens with one attached hydrogen (secondary N) is 2. The molecule has 0 radical (unpaired) electrons. The van der Waals surface area contributed by atoms with Crippen molar-refractivity contribution in [3.63, 3.8) is 0 Å². The van der Waals surface area contributed by atoms with E-state index >= 15 is 0 Å². The van der Waals surface area contributed by atoms with Crippen molar-refractivity contribution in [2.75, 3.05) is 26.2 Å². The molecule has 3 heterocycles. The molecule has 1 aromatic heterocycles. The number of nitrogens with zero attached hydrogens (tertiary/aromatic N) is 2. The Morgan fingerprint density at radius 3 is 2.70 bits per heavy atom. The van der Waals surface area contributed by atoms with Crippen LogP contribution in [0.15, 0.2) is 24.4 Å². The first-order valence-electron chi connectivity index (χ1n) is 9.78. The number of amides is 1. The van der Waals surface area contributed by atoms with Crippen molar-refractivity contribution in [3.8, 4) is 10.4 Å². The molecule has 27 heavy (non-hydrogen) atoms. The smallest absolute Gasteiger partial charge is 0.217 e. The second-order valence-corrected chi connectivity index (χ2v) is 9.10. The van der Waals surface area contributed by atoms with Crippen molar-refractivity contribution in [3.05, 3.63) is 40.5 Å². The van der Waals surface area contributed by atoms with E-state index < -0.39 is 0 Å². The molecular formula is C21H28N4OS. The first kappa shape index (κ1) is 18.6. The highest BCUT2D eigenvalue weighted by Crippen LogP contribution is 2.36. The van der Waals surface area contributed by atoms with Crippen molar-refractivity contribution < 1.29 is 4.79 Å². The standard InChI is InChI=1S/C21H28N4OS/c1-13(2)25-11-19(12-25)21-24-10-20(27-21)17-5-15(7-23-14(3)26)4-16(6-17)18-8-22-9-18/h4-6,10,13,18-19,22H,7-9,11-12H2,1-3H3,(H,23,26). The van der Waals surface area contributed by atoms with Gasteiger partial charge in [-0.1, -0.05) is 6.07 Å².